The highest BCUT2D eigenvalue weighted by Crippen LogP contribution is 2.18. The van der Waals surface area contributed by atoms with Gasteiger partial charge in [0, 0.05) is 19.5 Å². The van der Waals surface area contributed by atoms with E-state index >= 15 is 0 Å². The number of rotatable bonds is 6. The Labute approximate surface area is 130 Å². The van der Waals surface area contributed by atoms with Crippen molar-refractivity contribution in [2.75, 3.05) is 26.7 Å². The molecule has 0 aromatic heterocycles. The van der Waals surface area contributed by atoms with Gasteiger partial charge in [0.2, 0.25) is 5.91 Å². The lowest BCUT2D eigenvalue weighted by molar-refractivity contribution is -0.130. The van der Waals surface area contributed by atoms with Crippen LogP contribution in [0, 0.1) is 0 Å². The van der Waals surface area contributed by atoms with Crippen molar-refractivity contribution in [3.05, 3.63) is 35.9 Å². The highest BCUT2D eigenvalue weighted by molar-refractivity contribution is 6.04. The smallest absolute Gasteiger partial charge is 0.327 e. The van der Waals surface area contributed by atoms with Crippen LogP contribution < -0.4 is 5.32 Å². The number of imide groups is 1. The van der Waals surface area contributed by atoms with Crippen LogP contribution in [0.3, 0.4) is 0 Å². The lowest BCUT2D eigenvalue weighted by atomic mass is 9.96. The molecule has 1 aliphatic heterocycles. The van der Waals surface area contributed by atoms with E-state index in [-0.39, 0.29) is 30.8 Å². The van der Waals surface area contributed by atoms with E-state index in [4.69, 9.17) is 0 Å². The van der Waals surface area contributed by atoms with Gasteiger partial charge in [-0.25, -0.2) is 4.79 Å². The number of carbonyl (C=O) groups excluding carboxylic acids is 3. The molecule has 2 rings (SSSR count). The van der Waals surface area contributed by atoms with Crippen LogP contribution in [-0.4, -0.2) is 54.3 Å². The fourth-order valence-electron chi connectivity index (χ4n) is 2.48. The number of benzene rings is 1. The Morgan fingerprint density at radius 1 is 1.27 bits per heavy atom. The summed E-state index contributed by atoms with van der Waals surface area (Å²) in [6, 6.07) is 9.53. The number of nitrogens with one attached hydrogen (secondary N) is 1. The molecule has 1 aliphatic rings. The Kier molecular flexibility index (Phi) is 5.14. The number of hydrogen-bond donors (Lipinski definition) is 1. The van der Waals surface area contributed by atoms with Crippen LogP contribution in [0.5, 0.6) is 0 Å². The monoisotopic (exact) mass is 303 g/mol. The van der Waals surface area contributed by atoms with E-state index in [1.54, 1.807) is 7.05 Å². The van der Waals surface area contributed by atoms with Crippen LogP contribution >= 0.6 is 0 Å². The zero-order valence-corrected chi connectivity index (χ0v) is 12.9. The van der Waals surface area contributed by atoms with E-state index in [0.717, 1.165) is 11.3 Å². The maximum atomic E-state index is 12.0. The summed E-state index contributed by atoms with van der Waals surface area (Å²) in [5.41, 5.74) is 1.17. The second kappa shape index (κ2) is 7.06. The Morgan fingerprint density at radius 3 is 2.50 bits per heavy atom. The number of carbonyl (C=O) groups is 3. The summed E-state index contributed by atoms with van der Waals surface area (Å²) in [6.45, 7) is 2.37. The van der Waals surface area contributed by atoms with E-state index in [1.807, 2.05) is 30.3 Å². The second-order valence-electron chi connectivity index (χ2n) is 5.44. The maximum Gasteiger partial charge on any atom is 0.327 e. The maximum absolute atomic E-state index is 12.0. The van der Waals surface area contributed by atoms with Crippen molar-refractivity contribution in [3.63, 3.8) is 0 Å². The topological polar surface area (TPSA) is 69.7 Å². The van der Waals surface area contributed by atoms with E-state index in [9.17, 15) is 14.4 Å². The van der Waals surface area contributed by atoms with E-state index < -0.39 is 6.03 Å². The summed E-state index contributed by atoms with van der Waals surface area (Å²) < 4.78 is 0. The Hall–Kier alpha value is -2.37. The van der Waals surface area contributed by atoms with Crippen LogP contribution in [0.4, 0.5) is 4.79 Å². The average Bonchev–Trinajstić information content (AvgIpc) is 2.75. The largest absolute Gasteiger partial charge is 0.354 e. The van der Waals surface area contributed by atoms with Crippen molar-refractivity contribution in [1.82, 2.24) is 15.1 Å². The molecule has 0 saturated carbocycles. The predicted octanol–water partition coefficient (Wildman–Crippen LogP) is 1.19. The number of likely N-dealkylation sites (N-methyl/N-ethyl adjacent to an activating group) is 1. The molecule has 1 heterocycles. The molecule has 1 fully saturated rings. The molecule has 6 heteroatoms. The lowest BCUT2D eigenvalue weighted by Crippen LogP contribution is -2.42. The van der Waals surface area contributed by atoms with Crippen molar-refractivity contribution < 1.29 is 14.4 Å². The van der Waals surface area contributed by atoms with Crippen LogP contribution in [0.25, 0.3) is 0 Å². The molecule has 4 amide bonds. The first-order valence-electron chi connectivity index (χ1n) is 7.40. The first-order valence-corrected chi connectivity index (χ1v) is 7.40. The van der Waals surface area contributed by atoms with Gasteiger partial charge in [-0.1, -0.05) is 37.3 Å². The molecule has 0 spiro atoms. The summed E-state index contributed by atoms with van der Waals surface area (Å²) in [6.07, 6.45) is 0.897. The fourth-order valence-corrected chi connectivity index (χ4v) is 2.48. The van der Waals surface area contributed by atoms with Crippen LogP contribution in [0.2, 0.25) is 0 Å². The molecule has 0 radical (unpaired) electrons. The summed E-state index contributed by atoms with van der Waals surface area (Å²) in [5, 5.41) is 2.81. The molecule has 1 atom stereocenters. The minimum atomic E-state index is -0.421. The molecule has 1 aromatic rings. The third-order valence-corrected chi connectivity index (χ3v) is 3.84. The number of nitrogens with zero attached hydrogens (tertiary/aromatic N) is 2. The van der Waals surface area contributed by atoms with Crippen LogP contribution in [0.15, 0.2) is 30.3 Å². The lowest BCUT2D eigenvalue weighted by Gasteiger charge is -2.18. The number of urea groups is 1. The van der Waals surface area contributed by atoms with Gasteiger partial charge in [0.1, 0.15) is 13.1 Å². The predicted molar refractivity (Wildman–Crippen MR) is 82.2 cm³/mol. The van der Waals surface area contributed by atoms with Gasteiger partial charge in [0.25, 0.3) is 5.91 Å². The molecule has 1 unspecified atom stereocenters. The Bertz CT molecular complexity index is 559. The van der Waals surface area contributed by atoms with E-state index in [2.05, 4.69) is 12.2 Å². The molecule has 0 bridgehead atoms. The standard InChI is InChI=1S/C16H21N3O3/c1-3-12(13-7-5-4-6-8-13)9-17-14(20)10-19-15(21)11-18(2)16(19)22/h4-8,12H,3,9-11H2,1-2H3,(H,17,20). The van der Waals surface area contributed by atoms with Gasteiger partial charge >= 0.3 is 6.03 Å². The summed E-state index contributed by atoms with van der Waals surface area (Å²) in [5.74, 6) is -0.429. The van der Waals surface area contributed by atoms with Crippen molar-refractivity contribution >= 4 is 17.8 Å². The molecule has 1 N–H and O–H groups in total. The molecule has 0 aliphatic carbocycles. The van der Waals surface area contributed by atoms with Crippen LogP contribution in [0.1, 0.15) is 24.8 Å². The van der Waals surface area contributed by atoms with Gasteiger partial charge in [-0.15, -0.1) is 0 Å². The molecule has 6 nitrogen and oxygen atoms in total. The highest BCUT2D eigenvalue weighted by Gasteiger charge is 2.34. The third-order valence-electron chi connectivity index (χ3n) is 3.84. The highest BCUT2D eigenvalue weighted by atomic mass is 16.2. The van der Waals surface area contributed by atoms with Crippen molar-refractivity contribution in [2.45, 2.75) is 19.3 Å². The first kappa shape index (κ1) is 16.0. The summed E-state index contributed by atoms with van der Waals surface area (Å²) in [4.78, 5) is 37.6. The van der Waals surface area contributed by atoms with Gasteiger partial charge in [-0.05, 0) is 12.0 Å². The van der Waals surface area contributed by atoms with Crippen molar-refractivity contribution in [1.29, 1.82) is 0 Å². The molecule has 1 aromatic carbocycles. The molecule has 22 heavy (non-hydrogen) atoms. The summed E-state index contributed by atoms with van der Waals surface area (Å²) in [7, 11) is 1.54. The molecule has 118 valence electrons. The zero-order chi connectivity index (χ0) is 16.1. The normalized spacial score (nSPS) is 16.1. The van der Waals surface area contributed by atoms with Gasteiger partial charge in [0.15, 0.2) is 0 Å². The van der Waals surface area contributed by atoms with Crippen molar-refractivity contribution in [3.8, 4) is 0 Å². The van der Waals surface area contributed by atoms with E-state index in [1.165, 1.54) is 10.5 Å². The van der Waals surface area contributed by atoms with Crippen LogP contribution in [-0.2, 0) is 9.59 Å². The fraction of sp³-hybridized carbons (Fsp3) is 0.438. The molecular formula is C16H21N3O3. The minimum absolute atomic E-state index is 0.0354. The van der Waals surface area contributed by atoms with Gasteiger partial charge in [0.05, 0.1) is 0 Å². The molecule has 1 saturated heterocycles. The van der Waals surface area contributed by atoms with Gasteiger partial charge in [-0.2, -0.15) is 0 Å². The third kappa shape index (κ3) is 3.63. The zero-order valence-electron chi connectivity index (χ0n) is 12.9. The first-order chi connectivity index (χ1) is 10.5. The minimum Gasteiger partial charge on any atom is -0.354 e. The Morgan fingerprint density at radius 2 is 1.95 bits per heavy atom. The molecular weight excluding hydrogens is 282 g/mol. The SMILES string of the molecule is CCC(CNC(=O)CN1C(=O)CN(C)C1=O)c1ccccc1. The van der Waals surface area contributed by atoms with E-state index in [0.29, 0.717) is 6.54 Å². The van der Waals surface area contributed by atoms with Crippen molar-refractivity contribution in [2.24, 2.45) is 0 Å². The van der Waals surface area contributed by atoms with Gasteiger partial charge in [-0.3, -0.25) is 14.5 Å². The number of amides is 4. The summed E-state index contributed by atoms with van der Waals surface area (Å²) >= 11 is 0. The quantitative estimate of drug-likeness (QED) is 0.803. The second-order valence-corrected chi connectivity index (χ2v) is 5.44. The number of hydrogen-bond acceptors (Lipinski definition) is 3. The van der Waals surface area contributed by atoms with Gasteiger partial charge < -0.3 is 10.2 Å². The Balaban J connectivity index is 1.87. The average molecular weight is 303 g/mol.